The predicted molar refractivity (Wildman–Crippen MR) is 108 cm³/mol. The largest absolute Gasteiger partial charge is 0.483 e. The first-order valence-electron chi connectivity index (χ1n) is 9.49. The van der Waals surface area contributed by atoms with Gasteiger partial charge in [0.2, 0.25) is 0 Å². The SMILES string of the molecule is CC(Oc1ccc2c(c1)OC(C)(C)C=C2Cc1cccc(C(F)(F)F)c1)N(C)C. The molecule has 0 aromatic heterocycles. The fourth-order valence-electron chi connectivity index (χ4n) is 3.26. The maximum Gasteiger partial charge on any atom is 0.416 e. The summed E-state index contributed by atoms with van der Waals surface area (Å²) in [7, 11) is 3.86. The number of fused-ring (bicyclic) bond motifs is 1. The van der Waals surface area contributed by atoms with Gasteiger partial charge in [-0.3, -0.25) is 4.90 Å². The fraction of sp³-hybridized carbons (Fsp3) is 0.391. The lowest BCUT2D eigenvalue weighted by Crippen LogP contribution is -2.31. The van der Waals surface area contributed by atoms with Crippen LogP contribution in [-0.2, 0) is 12.6 Å². The summed E-state index contributed by atoms with van der Waals surface area (Å²) in [5, 5.41) is 0. The van der Waals surface area contributed by atoms with Crippen molar-refractivity contribution < 1.29 is 22.6 Å². The van der Waals surface area contributed by atoms with Crippen molar-refractivity contribution in [3.8, 4) is 11.5 Å². The van der Waals surface area contributed by atoms with Gasteiger partial charge in [0.15, 0.2) is 0 Å². The van der Waals surface area contributed by atoms with Gasteiger partial charge in [0.25, 0.3) is 0 Å². The Morgan fingerprint density at radius 2 is 1.83 bits per heavy atom. The highest BCUT2D eigenvalue weighted by Gasteiger charge is 2.31. The second-order valence-corrected chi connectivity index (χ2v) is 8.09. The minimum absolute atomic E-state index is 0.107. The number of hydrogen-bond acceptors (Lipinski definition) is 3. The molecule has 0 fully saturated rings. The number of nitrogens with zero attached hydrogens (tertiary/aromatic N) is 1. The lowest BCUT2D eigenvalue weighted by molar-refractivity contribution is -0.137. The first-order chi connectivity index (χ1) is 13.4. The Hall–Kier alpha value is -2.47. The van der Waals surface area contributed by atoms with Gasteiger partial charge in [-0.15, -0.1) is 0 Å². The van der Waals surface area contributed by atoms with Gasteiger partial charge < -0.3 is 9.47 Å². The Morgan fingerprint density at radius 3 is 2.48 bits per heavy atom. The summed E-state index contributed by atoms with van der Waals surface area (Å²) in [6.45, 7) is 5.80. The van der Waals surface area contributed by atoms with E-state index in [4.69, 9.17) is 9.47 Å². The smallest absolute Gasteiger partial charge is 0.416 e. The molecule has 6 heteroatoms. The van der Waals surface area contributed by atoms with E-state index in [1.807, 2.05) is 64.0 Å². The monoisotopic (exact) mass is 405 g/mol. The Balaban J connectivity index is 1.92. The predicted octanol–water partition coefficient (Wildman–Crippen LogP) is 5.79. The Labute approximate surface area is 169 Å². The highest BCUT2D eigenvalue weighted by atomic mass is 19.4. The molecule has 0 N–H and O–H groups in total. The van der Waals surface area contributed by atoms with Crippen molar-refractivity contribution >= 4 is 5.57 Å². The molecule has 1 aliphatic heterocycles. The molecule has 0 amide bonds. The standard InChI is InChI=1S/C23H26F3NO2/c1-15(27(4)5)28-19-9-10-20-17(14-22(2,3)29-21(20)13-19)11-16-7-6-8-18(12-16)23(24,25)26/h6-10,12-15H,11H2,1-5H3. The summed E-state index contributed by atoms with van der Waals surface area (Å²) in [6.07, 6.45) is -2.10. The number of hydrogen-bond donors (Lipinski definition) is 0. The molecule has 156 valence electrons. The third-order valence-corrected chi connectivity index (χ3v) is 4.88. The molecule has 3 nitrogen and oxygen atoms in total. The average molecular weight is 405 g/mol. The van der Waals surface area contributed by atoms with Gasteiger partial charge in [-0.2, -0.15) is 13.2 Å². The molecular weight excluding hydrogens is 379 g/mol. The molecule has 0 radical (unpaired) electrons. The van der Waals surface area contributed by atoms with Gasteiger partial charge in [-0.1, -0.05) is 18.2 Å². The van der Waals surface area contributed by atoms with Crippen LogP contribution < -0.4 is 9.47 Å². The molecule has 0 saturated heterocycles. The molecule has 1 unspecified atom stereocenters. The highest BCUT2D eigenvalue weighted by Crippen LogP contribution is 2.40. The second-order valence-electron chi connectivity index (χ2n) is 8.09. The van der Waals surface area contributed by atoms with Crippen molar-refractivity contribution in [1.82, 2.24) is 4.90 Å². The summed E-state index contributed by atoms with van der Waals surface area (Å²) in [4.78, 5) is 1.95. The Morgan fingerprint density at radius 1 is 1.10 bits per heavy atom. The third-order valence-electron chi connectivity index (χ3n) is 4.88. The summed E-state index contributed by atoms with van der Waals surface area (Å²) < 4.78 is 51.2. The van der Waals surface area contributed by atoms with Gasteiger partial charge >= 0.3 is 6.18 Å². The maximum atomic E-state index is 13.1. The average Bonchev–Trinajstić information content (AvgIpc) is 2.60. The topological polar surface area (TPSA) is 21.7 Å². The van der Waals surface area contributed by atoms with Crippen molar-refractivity contribution in [1.29, 1.82) is 0 Å². The van der Waals surface area contributed by atoms with Gasteiger partial charge in [0.05, 0.1) is 5.56 Å². The van der Waals surface area contributed by atoms with Gasteiger partial charge in [-0.25, -0.2) is 0 Å². The molecule has 1 aliphatic rings. The normalized spacial score (nSPS) is 16.7. The highest BCUT2D eigenvalue weighted by molar-refractivity contribution is 5.75. The fourth-order valence-corrected chi connectivity index (χ4v) is 3.26. The molecular formula is C23H26F3NO2. The van der Waals surface area contributed by atoms with Gasteiger partial charge in [0.1, 0.15) is 23.3 Å². The first-order valence-corrected chi connectivity index (χ1v) is 9.49. The quantitative estimate of drug-likeness (QED) is 0.588. The van der Waals surface area contributed by atoms with E-state index in [9.17, 15) is 13.2 Å². The molecule has 0 aliphatic carbocycles. The number of benzene rings is 2. The molecule has 0 saturated carbocycles. The van der Waals surface area contributed by atoms with E-state index in [0.29, 0.717) is 23.5 Å². The summed E-state index contributed by atoms with van der Waals surface area (Å²) in [5.41, 5.74) is 1.20. The van der Waals surface area contributed by atoms with E-state index in [-0.39, 0.29) is 6.23 Å². The van der Waals surface area contributed by atoms with Crippen molar-refractivity contribution in [3.63, 3.8) is 0 Å². The molecule has 3 rings (SSSR count). The maximum absolute atomic E-state index is 13.1. The molecule has 2 aromatic carbocycles. The first kappa shape index (κ1) is 21.2. The minimum Gasteiger partial charge on any atom is -0.483 e. The zero-order valence-corrected chi connectivity index (χ0v) is 17.3. The van der Waals surface area contributed by atoms with Crippen LogP contribution in [0.2, 0.25) is 0 Å². The van der Waals surface area contributed by atoms with Crippen molar-refractivity contribution in [2.45, 2.75) is 45.2 Å². The van der Waals surface area contributed by atoms with Crippen LogP contribution in [0.5, 0.6) is 11.5 Å². The van der Waals surface area contributed by atoms with Crippen LogP contribution in [0.4, 0.5) is 13.2 Å². The zero-order chi connectivity index (χ0) is 21.4. The molecule has 1 atom stereocenters. The van der Waals surface area contributed by atoms with Crippen LogP contribution in [0, 0.1) is 0 Å². The van der Waals surface area contributed by atoms with Crippen LogP contribution in [0.15, 0.2) is 48.5 Å². The van der Waals surface area contributed by atoms with Crippen molar-refractivity contribution in [2.24, 2.45) is 0 Å². The van der Waals surface area contributed by atoms with Gasteiger partial charge in [-0.05, 0) is 76.7 Å². The Kier molecular flexibility index (Phi) is 5.68. The lowest BCUT2D eigenvalue weighted by atomic mass is 9.90. The summed E-state index contributed by atoms with van der Waals surface area (Å²) >= 11 is 0. The van der Waals surface area contributed by atoms with E-state index in [2.05, 4.69) is 0 Å². The van der Waals surface area contributed by atoms with Crippen LogP contribution in [-0.4, -0.2) is 30.8 Å². The van der Waals surface area contributed by atoms with Crippen molar-refractivity contribution in [3.05, 3.63) is 65.2 Å². The number of alkyl halides is 3. The zero-order valence-electron chi connectivity index (χ0n) is 17.3. The molecule has 29 heavy (non-hydrogen) atoms. The third kappa shape index (κ3) is 5.12. The van der Waals surface area contributed by atoms with E-state index in [1.165, 1.54) is 12.1 Å². The van der Waals surface area contributed by atoms with E-state index < -0.39 is 17.3 Å². The minimum atomic E-state index is -4.35. The van der Waals surface area contributed by atoms with E-state index >= 15 is 0 Å². The number of allylic oxidation sites excluding steroid dienone is 1. The van der Waals surface area contributed by atoms with Crippen LogP contribution in [0.3, 0.4) is 0 Å². The Bertz CT molecular complexity index is 917. The van der Waals surface area contributed by atoms with Gasteiger partial charge in [0, 0.05) is 11.6 Å². The number of rotatable bonds is 5. The summed E-state index contributed by atoms with van der Waals surface area (Å²) in [6, 6.07) is 11.1. The number of halogens is 3. The molecule has 1 heterocycles. The van der Waals surface area contributed by atoms with Crippen LogP contribution in [0.25, 0.3) is 5.57 Å². The number of ether oxygens (including phenoxy) is 2. The molecule has 2 aromatic rings. The van der Waals surface area contributed by atoms with Crippen LogP contribution in [0.1, 0.15) is 37.5 Å². The molecule has 0 bridgehead atoms. The van der Waals surface area contributed by atoms with Crippen LogP contribution >= 0.6 is 0 Å². The lowest BCUT2D eigenvalue weighted by Gasteiger charge is -2.32. The second kappa shape index (κ2) is 7.75. The van der Waals surface area contributed by atoms with E-state index in [1.54, 1.807) is 6.07 Å². The van der Waals surface area contributed by atoms with Crippen molar-refractivity contribution in [2.75, 3.05) is 14.1 Å². The van der Waals surface area contributed by atoms with E-state index in [0.717, 1.165) is 17.2 Å². The summed E-state index contributed by atoms with van der Waals surface area (Å²) in [5.74, 6) is 1.35. The molecule has 0 spiro atoms.